The molecule has 0 fully saturated rings. The molecule has 2 heterocycles. The number of thiophene rings is 1. The number of hydrogen-bond acceptors (Lipinski definition) is 3. The van der Waals surface area contributed by atoms with Gasteiger partial charge in [0.2, 0.25) is 0 Å². The Kier molecular flexibility index (Phi) is 5.19. The number of benzene rings is 8. The SMILES string of the molecule is c1ccc(-c2nc(-c3cc4c5ccccc5c5ccccc5c4c4sc5ccccc5c34)nc3ccc4ccccc4c23)cc1. The topological polar surface area (TPSA) is 25.8 Å². The van der Waals surface area contributed by atoms with Crippen molar-refractivity contribution < 1.29 is 0 Å². The van der Waals surface area contributed by atoms with E-state index in [9.17, 15) is 0 Å². The van der Waals surface area contributed by atoms with Gasteiger partial charge in [-0.3, -0.25) is 0 Å². The van der Waals surface area contributed by atoms with Gasteiger partial charge in [-0.15, -0.1) is 11.3 Å². The molecule has 2 nitrogen and oxygen atoms in total. The van der Waals surface area contributed by atoms with Crippen molar-refractivity contribution in [3.63, 3.8) is 0 Å². The second-order valence-electron chi connectivity index (χ2n) is 11.7. The molecule has 10 aromatic rings. The molecule has 2 aromatic heterocycles. The second-order valence-corrected chi connectivity index (χ2v) is 12.7. The van der Waals surface area contributed by atoms with E-state index >= 15 is 0 Å². The fraction of sp³-hybridized carbons (Fsp3) is 0. The van der Waals surface area contributed by atoms with E-state index in [0.717, 1.165) is 33.5 Å². The van der Waals surface area contributed by atoms with Crippen LogP contribution >= 0.6 is 11.3 Å². The third-order valence-corrected chi connectivity index (χ3v) is 10.4. The number of fused-ring (bicyclic) bond motifs is 13. The van der Waals surface area contributed by atoms with Crippen LogP contribution in [0.15, 0.2) is 146 Å². The van der Waals surface area contributed by atoms with Crippen molar-refractivity contribution in [2.24, 2.45) is 0 Å². The molecule has 0 saturated heterocycles. The summed E-state index contributed by atoms with van der Waals surface area (Å²) in [5, 5.41) is 13.5. The summed E-state index contributed by atoms with van der Waals surface area (Å²) in [5.74, 6) is 0.754. The van der Waals surface area contributed by atoms with Gasteiger partial charge in [0.15, 0.2) is 5.82 Å². The summed E-state index contributed by atoms with van der Waals surface area (Å²) in [7, 11) is 0. The maximum Gasteiger partial charge on any atom is 0.161 e. The number of hydrogen-bond donors (Lipinski definition) is 0. The maximum absolute atomic E-state index is 5.47. The van der Waals surface area contributed by atoms with Gasteiger partial charge in [0, 0.05) is 42.1 Å². The van der Waals surface area contributed by atoms with Crippen molar-refractivity contribution in [2.75, 3.05) is 0 Å². The molecule has 0 amide bonds. The molecule has 0 aliphatic rings. The molecule has 10 rings (SSSR count). The van der Waals surface area contributed by atoms with Crippen molar-refractivity contribution in [3.05, 3.63) is 146 Å². The third-order valence-electron chi connectivity index (χ3n) is 9.23. The Morgan fingerprint density at radius 3 is 1.84 bits per heavy atom. The fourth-order valence-electron chi connectivity index (χ4n) is 7.27. The van der Waals surface area contributed by atoms with Gasteiger partial charge in [-0.2, -0.15) is 0 Å². The van der Waals surface area contributed by atoms with Gasteiger partial charge in [-0.05, 0) is 55.9 Å². The largest absolute Gasteiger partial charge is 0.228 e. The Balaban J connectivity index is 1.43. The van der Waals surface area contributed by atoms with E-state index in [1.54, 1.807) is 0 Å². The van der Waals surface area contributed by atoms with Gasteiger partial charge >= 0.3 is 0 Å². The molecule has 45 heavy (non-hydrogen) atoms. The zero-order valence-electron chi connectivity index (χ0n) is 24.2. The van der Waals surface area contributed by atoms with Gasteiger partial charge < -0.3 is 0 Å². The highest BCUT2D eigenvalue weighted by Gasteiger charge is 2.22. The van der Waals surface area contributed by atoms with Gasteiger partial charge in [-0.25, -0.2) is 9.97 Å². The molecule has 0 aliphatic heterocycles. The van der Waals surface area contributed by atoms with Gasteiger partial charge in [0.1, 0.15) is 0 Å². The Hall–Kier alpha value is -5.64. The van der Waals surface area contributed by atoms with Crippen molar-refractivity contribution in [3.8, 4) is 22.6 Å². The van der Waals surface area contributed by atoms with E-state index in [2.05, 4.69) is 146 Å². The van der Waals surface area contributed by atoms with E-state index in [1.807, 2.05) is 11.3 Å². The Labute approximate surface area is 262 Å². The van der Waals surface area contributed by atoms with E-state index in [4.69, 9.17) is 9.97 Å². The first-order chi connectivity index (χ1) is 22.3. The van der Waals surface area contributed by atoms with Crippen LogP contribution < -0.4 is 0 Å². The summed E-state index contributed by atoms with van der Waals surface area (Å²) in [4.78, 5) is 10.8. The molecule has 208 valence electrons. The van der Waals surface area contributed by atoms with Crippen LogP contribution in [0.3, 0.4) is 0 Å². The quantitative estimate of drug-likeness (QED) is 0.188. The van der Waals surface area contributed by atoms with Crippen molar-refractivity contribution in [1.82, 2.24) is 9.97 Å². The van der Waals surface area contributed by atoms with Crippen LogP contribution in [0.5, 0.6) is 0 Å². The van der Waals surface area contributed by atoms with Crippen molar-refractivity contribution >= 4 is 85.5 Å². The van der Waals surface area contributed by atoms with E-state index < -0.39 is 0 Å². The predicted molar refractivity (Wildman–Crippen MR) is 193 cm³/mol. The molecule has 0 bridgehead atoms. The summed E-state index contributed by atoms with van der Waals surface area (Å²) in [5.41, 5.74) is 4.08. The first-order valence-electron chi connectivity index (χ1n) is 15.3. The highest BCUT2D eigenvalue weighted by atomic mass is 32.1. The average molecular weight is 589 g/mol. The molecule has 0 N–H and O–H groups in total. The first-order valence-corrected chi connectivity index (χ1v) is 16.1. The lowest BCUT2D eigenvalue weighted by molar-refractivity contribution is 1.24. The van der Waals surface area contributed by atoms with Crippen molar-refractivity contribution in [1.29, 1.82) is 0 Å². The van der Waals surface area contributed by atoms with E-state index in [0.29, 0.717) is 0 Å². The van der Waals surface area contributed by atoms with Gasteiger partial charge in [-0.1, -0.05) is 127 Å². The van der Waals surface area contributed by atoms with Crippen LogP contribution in [0.4, 0.5) is 0 Å². The molecule has 0 radical (unpaired) electrons. The summed E-state index contributed by atoms with van der Waals surface area (Å²) in [6.45, 7) is 0. The zero-order chi connectivity index (χ0) is 29.5. The standard InChI is InChI=1S/C42H24N2S/c1-2-13-26(14-3-1)40-39-27-15-5-4-12-25(27)22-23-35(39)43-42(44-40)34-24-33-30-18-7-6-16-28(30)29-17-8-9-19-31(29)37(33)41-38(34)32-20-10-11-21-36(32)45-41/h1-24H. The van der Waals surface area contributed by atoms with Crippen LogP contribution in [0.25, 0.3) is 96.8 Å². The van der Waals surface area contributed by atoms with Gasteiger partial charge in [0.25, 0.3) is 0 Å². The smallest absolute Gasteiger partial charge is 0.161 e. The first kappa shape index (κ1) is 24.8. The normalized spacial score (nSPS) is 12.0. The Morgan fingerprint density at radius 2 is 1.04 bits per heavy atom. The molecular weight excluding hydrogens is 565 g/mol. The molecule has 0 spiro atoms. The summed E-state index contributed by atoms with van der Waals surface area (Å²) in [6.07, 6.45) is 0. The van der Waals surface area contributed by atoms with Crippen LogP contribution in [-0.2, 0) is 0 Å². The summed E-state index contributed by atoms with van der Waals surface area (Å²) < 4.78 is 2.56. The van der Waals surface area contributed by atoms with Crippen LogP contribution in [0.1, 0.15) is 0 Å². The maximum atomic E-state index is 5.47. The minimum absolute atomic E-state index is 0.754. The molecule has 8 aromatic carbocycles. The Bertz CT molecular complexity index is 2810. The lowest BCUT2D eigenvalue weighted by Gasteiger charge is -2.15. The zero-order valence-corrected chi connectivity index (χ0v) is 25.0. The lowest BCUT2D eigenvalue weighted by Crippen LogP contribution is -1.97. The Morgan fingerprint density at radius 1 is 0.422 bits per heavy atom. The minimum Gasteiger partial charge on any atom is -0.228 e. The third kappa shape index (κ3) is 3.56. The van der Waals surface area contributed by atoms with E-state index in [1.165, 1.54) is 63.3 Å². The van der Waals surface area contributed by atoms with Crippen LogP contribution in [-0.4, -0.2) is 9.97 Å². The number of nitrogens with zero attached hydrogens (tertiary/aromatic N) is 2. The van der Waals surface area contributed by atoms with Gasteiger partial charge in [0.05, 0.1) is 11.2 Å². The predicted octanol–water partition coefficient (Wildman–Crippen LogP) is 11.9. The summed E-state index contributed by atoms with van der Waals surface area (Å²) in [6, 6.07) is 52.2. The summed E-state index contributed by atoms with van der Waals surface area (Å²) >= 11 is 1.87. The van der Waals surface area contributed by atoms with Crippen LogP contribution in [0, 0.1) is 0 Å². The highest BCUT2D eigenvalue weighted by Crippen LogP contribution is 2.48. The van der Waals surface area contributed by atoms with E-state index in [-0.39, 0.29) is 0 Å². The van der Waals surface area contributed by atoms with Crippen LogP contribution in [0.2, 0.25) is 0 Å². The molecule has 0 aliphatic carbocycles. The molecular formula is C42H24N2S. The molecule has 0 atom stereocenters. The molecule has 0 saturated carbocycles. The average Bonchev–Trinajstić information content (AvgIpc) is 3.51. The lowest BCUT2D eigenvalue weighted by atomic mass is 9.91. The van der Waals surface area contributed by atoms with Crippen molar-refractivity contribution in [2.45, 2.75) is 0 Å². The molecule has 0 unspecified atom stereocenters. The monoisotopic (exact) mass is 588 g/mol. The number of aromatic nitrogens is 2. The number of rotatable bonds is 2. The second kappa shape index (κ2) is 9.43. The fourth-order valence-corrected chi connectivity index (χ4v) is 8.56. The highest BCUT2D eigenvalue weighted by molar-refractivity contribution is 7.27. The molecule has 3 heteroatoms. The minimum atomic E-state index is 0.754.